The average Bonchev–Trinajstić information content (AvgIpc) is 2.85. The second-order valence-corrected chi connectivity index (χ2v) is 4.96. The van der Waals surface area contributed by atoms with Crippen molar-refractivity contribution in [3.05, 3.63) is 17.7 Å². The van der Waals surface area contributed by atoms with Crippen LogP contribution in [0.3, 0.4) is 0 Å². The summed E-state index contributed by atoms with van der Waals surface area (Å²) in [4.78, 5) is 7.82. The highest BCUT2D eigenvalue weighted by Crippen LogP contribution is 2.32. The quantitative estimate of drug-likeness (QED) is 0.755. The summed E-state index contributed by atoms with van der Waals surface area (Å²) in [5.41, 5.74) is 0.861. The predicted molar refractivity (Wildman–Crippen MR) is 69.3 cm³/mol. The topological polar surface area (TPSA) is 59.2 Å². The van der Waals surface area contributed by atoms with Gasteiger partial charge in [0, 0.05) is 38.7 Å². The van der Waals surface area contributed by atoms with Crippen molar-refractivity contribution in [1.82, 2.24) is 15.3 Å². The van der Waals surface area contributed by atoms with Crippen molar-refractivity contribution in [2.45, 2.75) is 38.3 Å². The molecule has 1 atom stereocenters. The Morgan fingerprint density at radius 3 is 3.17 bits per heavy atom. The van der Waals surface area contributed by atoms with Gasteiger partial charge in [-0.15, -0.1) is 0 Å². The zero-order chi connectivity index (χ0) is 12.8. The van der Waals surface area contributed by atoms with Crippen LogP contribution in [-0.4, -0.2) is 36.8 Å². The number of rotatable bonds is 6. The molecule has 18 heavy (non-hydrogen) atoms. The molecule has 1 fully saturated rings. The summed E-state index contributed by atoms with van der Waals surface area (Å²) in [6, 6.07) is 0. The van der Waals surface area contributed by atoms with E-state index in [1.807, 2.05) is 6.20 Å². The maximum atomic E-state index is 5.87. The third kappa shape index (κ3) is 3.31. The van der Waals surface area contributed by atoms with Crippen LogP contribution >= 0.6 is 0 Å². The fraction of sp³-hybridized carbons (Fsp3) is 0.769. The zero-order valence-corrected chi connectivity index (χ0v) is 11.3. The number of aromatic nitrogens is 2. The molecule has 5 nitrogen and oxygen atoms in total. The summed E-state index contributed by atoms with van der Waals surface area (Å²) in [5, 5.41) is 3.29. The third-order valence-electron chi connectivity index (χ3n) is 3.40. The summed E-state index contributed by atoms with van der Waals surface area (Å²) >= 11 is 0. The molecule has 5 heteroatoms. The van der Waals surface area contributed by atoms with E-state index in [9.17, 15) is 0 Å². The first-order chi connectivity index (χ1) is 8.74. The van der Waals surface area contributed by atoms with Crippen LogP contribution in [0.2, 0.25) is 0 Å². The highest BCUT2D eigenvalue weighted by atomic mass is 16.5. The molecular weight excluding hydrogens is 230 g/mol. The molecule has 0 bridgehead atoms. The van der Waals surface area contributed by atoms with Crippen LogP contribution < -0.4 is 5.32 Å². The smallest absolute Gasteiger partial charge is 0.138 e. The van der Waals surface area contributed by atoms with Crippen LogP contribution in [0.15, 0.2) is 6.20 Å². The Balaban J connectivity index is 1.88. The van der Waals surface area contributed by atoms with Crippen molar-refractivity contribution in [2.24, 2.45) is 0 Å². The van der Waals surface area contributed by atoms with Crippen LogP contribution in [0.5, 0.6) is 0 Å². The second-order valence-electron chi connectivity index (χ2n) is 4.96. The van der Waals surface area contributed by atoms with Gasteiger partial charge in [0.2, 0.25) is 0 Å². The molecule has 1 unspecified atom stereocenters. The van der Waals surface area contributed by atoms with Gasteiger partial charge in [-0.25, -0.2) is 4.98 Å². The maximum absolute atomic E-state index is 5.87. The van der Waals surface area contributed by atoms with Gasteiger partial charge in [-0.2, -0.15) is 0 Å². The van der Waals surface area contributed by atoms with E-state index in [1.54, 1.807) is 7.11 Å². The molecule has 1 aromatic heterocycles. The van der Waals surface area contributed by atoms with Crippen LogP contribution in [-0.2, 0) is 21.6 Å². The summed E-state index contributed by atoms with van der Waals surface area (Å²) in [7, 11) is 1.71. The van der Waals surface area contributed by atoms with Crippen molar-refractivity contribution < 1.29 is 9.47 Å². The zero-order valence-electron chi connectivity index (χ0n) is 11.3. The highest BCUT2D eigenvalue weighted by molar-refractivity contribution is 5.08. The minimum absolute atomic E-state index is 0.233. The molecule has 0 aliphatic carbocycles. The molecule has 0 spiro atoms. The highest BCUT2D eigenvalue weighted by Gasteiger charge is 2.32. The van der Waals surface area contributed by atoms with Gasteiger partial charge in [-0.05, 0) is 26.2 Å². The molecule has 1 saturated heterocycles. The Morgan fingerprint density at radius 1 is 1.56 bits per heavy atom. The van der Waals surface area contributed by atoms with Crippen molar-refractivity contribution in [2.75, 3.05) is 26.9 Å². The average molecular weight is 253 g/mol. The molecule has 102 valence electrons. The van der Waals surface area contributed by atoms with Gasteiger partial charge in [-0.1, -0.05) is 0 Å². The van der Waals surface area contributed by atoms with Gasteiger partial charge in [0.05, 0.1) is 6.61 Å². The first-order valence-electron chi connectivity index (χ1n) is 6.62. The second kappa shape index (κ2) is 6.31. The van der Waals surface area contributed by atoms with Crippen molar-refractivity contribution in [3.63, 3.8) is 0 Å². The maximum Gasteiger partial charge on any atom is 0.138 e. The van der Waals surface area contributed by atoms with E-state index >= 15 is 0 Å². The standard InChI is InChI=1S/C13H23N3O2/c1-13(5-3-4-7-18-13)12-15-10-11(16-12)9-14-6-8-17-2/h10,14H,3-9H2,1-2H3,(H,15,16). The number of nitrogens with zero attached hydrogens (tertiary/aromatic N) is 1. The molecule has 2 N–H and O–H groups in total. The first kappa shape index (κ1) is 13.5. The number of hydrogen-bond acceptors (Lipinski definition) is 4. The molecule has 0 radical (unpaired) electrons. The van der Waals surface area contributed by atoms with Gasteiger partial charge < -0.3 is 19.8 Å². The monoisotopic (exact) mass is 253 g/mol. The molecule has 1 aliphatic heterocycles. The number of H-pyrrole nitrogens is 1. The third-order valence-corrected chi connectivity index (χ3v) is 3.40. The Hall–Kier alpha value is -0.910. The molecule has 1 aromatic rings. The van der Waals surface area contributed by atoms with Gasteiger partial charge in [-0.3, -0.25) is 0 Å². The lowest BCUT2D eigenvalue weighted by molar-refractivity contribution is -0.0756. The summed E-state index contributed by atoms with van der Waals surface area (Å²) in [6.45, 7) is 5.30. The fourth-order valence-electron chi connectivity index (χ4n) is 2.24. The predicted octanol–water partition coefficient (Wildman–Crippen LogP) is 1.56. The number of aromatic amines is 1. The van der Waals surface area contributed by atoms with Crippen LogP contribution in [0.1, 0.15) is 37.7 Å². The summed E-state index contributed by atoms with van der Waals surface area (Å²) < 4.78 is 10.9. The fourth-order valence-corrected chi connectivity index (χ4v) is 2.24. The van der Waals surface area contributed by atoms with Gasteiger partial charge in [0.15, 0.2) is 0 Å². The number of hydrogen-bond donors (Lipinski definition) is 2. The van der Waals surface area contributed by atoms with Crippen molar-refractivity contribution >= 4 is 0 Å². The lowest BCUT2D eigenvalue weighted by Crippen LogP contribution is -2.31. The van der Waals surface area contributed by atoms with Crippen molar-refractivity contribution in [1.29, 1.82) is 0 Å². The van der Waals surface area contributed by atoms with Gasteiger partial charge in [0.1, 0.15) is 11.4 Å². The Kier molecular flexibility index (Phi) is 4.74. The molecule has 2 heterocycles. The summed E-state index contributed by atoms with van der Waals surface area (Å²) in [6.07, 6.45) is 5.29. The van der Waals surface area contributed by atoms with E-state index in [1.165, 1.54) is 6.42 Å². The number of ether oxygens (including phenoxy) is 2. The molecular formula is C13H23N3O2. The number of imidazole rings is 1. The van der Waals surface area contributed by atoms with Gasteiger partial charge >= 0.3 is 0 Å². The van der Waals surface area contributed by atoms with E-state index in [-0.39, 0.29) is 5.60 Å². The molecule has 0 saturated carbocycles. The van der Waals surface area contributed by atoms with E-state index < -0.39 is 0 Å². The Morgan fingerprint density at radius 2 is 2.44 bits per heavy atom. The molecule has 0 amide bonds. The Bertz CT molecular complexity index is 359. The lowest BCUT2D eigenvalue weighted by Gasteiger charge is -2.31. The summed E-state index contributed by atoms with van der Waals surface area (Å²) in [5.74, 6) is 0.950. The molecule has 1 aliphatic rings. The Labute approximate surface area is 108 Å². The lowest BCUT2D eigenvalue weighted by atomic mass is 9.95. The van der Waals surface area contributed by atoms with Crippen LogP contribution in [0.4, 0.5) is 0 Å². The minimum atomic E-state index is -0.233. The van der Waals surface area contributed by atoms with Gasteiger partial charge in [0.25, 0.3) is 0 Å². The first-order valence-corrected chi connectivity index (χ1v) is 6.62. The van der Waals surface area contributed by atoms with Crippen LogP contribution in [0, 0.1) is 0 Å². The number of methoxy groups -OCH3 is 1. The normalized spacial score (nSPS) is 24.3. The largest absolute Gasteiger partial charge is 0.383 e. The van der Waals surface area contributed by atoms with E-state index in [0.717, 1.165) is 50.7 Å². The van der Waals surface area contributed by atoms with Crippen LogP contribution in [0.25, 0.3) is 0 Å². The molecule has 0 aromatic carbocycles. The van der Waals surface area contributed by atoms with E-state index in [2.05, 4.69) is 22.2 Å². The molecule has 2 rings (SSSR count). The van der Waals surface area contributed by atoms with E-state index in [4.69, 9.17) is 9.47 Å². The van der Waals surface area contributed by atoms with Crippen molar-refractivity contribution in [3.8, 4) is 0 Å². The minimum Gasteiger partial charge on any atom is -0.383 e. The van der Waals surface area contributed by atoms with E-state index in [0.29, 0.717) is 0 Å². The SMILES string of the molecule is COCCNCc1cnc(C2(C)CCCCO2)[nH]1. The number of nitrogens with one attached hydrogen (secondary N) is 2.